The molecule has 2 aliphatic carbocycles. The van der Waals surface area contributed by atoms with Gasteiger partial charge in [-0.3, -0.25) is 9.59 Å². The van der Waals surface area contributed by atoms with Crippen LogP contribution in [0.5, 0.6) is 0 Å². The van der Waals surface area contributed by atoms with Crippen LogP contribution in [0.25, 0.3) is 0 Å². The fraction of sp³-hybridized carbons (Fsp3) is 0.500. The molecule has 3 rings (SSSR count). The van der Waals surface area contributed by atoms with E-state index in [9.17, 15) is 33.0 Å². The molecule has 2 aliphatic rings. The molecule has 0 spiro atoms. The minimum atomic E-state index is -4.57. The molecule has 4 unspecified atom stereocenters. The van der Waals surface area contributed by atoms with Gasteiger partial charge in [0.15, 0.2) is 0 Å². The van der Waals surface area contributed by atoms with Crippen LogP contribution in [-0.4, -0.2) is 26.5 Å². The number of benzene rings is 1. The van der Waals surface area contributed by atoms with Crippen molar-refractivity contribution in [1.29, 1.82) is 0 Å². The van der Waals surface area contributed by atoms with Gasteiger partial charge < -0.3 is 10.2 Å². The Morgan fingerprint density at radius 2 is 1.72 bits per heavy atom. The number of fused-ring (bicyclic) bond motifs is 1. The van der Waals surface area contributed by atoms with E-state index in [2.05, 4.69) is 0 Å². The maximum Gasteiger partial charge on any atom is 0.416 e. The standard InChI is InChI=1S/C16H13Cl2F3O4/c17-15(18)11-5-9(12(22)23)10(13(24)25)6-14(11,15)7-2-1-3-8(4-7)16(19,20)21/h1-4,9-11H,5-6H2,(H,22,23)(H,24,25). The number of hydrogen-bond donors (Lipinski definition) is 2. The Morgan fingerprint density at radius 1 is 1.12 bits per heavy atom. The average Bonchev–Trinajstić information content (AvgIpc) is 3.02. The first-order valence-electron chi connectivity index (χ1n) is 7.44. The number of hydrogen-bond acceptors (Lipinski definition) is 2. The summed E-state index contributed by atoms with van der Waals surface area (Å²) in [5.41, 5.74) is -1.90. The SMILES string of the molecule is O=C(O)C1CC2C(Cl)(Cl)C2(c2cccc(C(F)(F)F)c2)CC1C(=O)O. The van der Waals surface area contributed by atoms with Crippen LogP contribution in [0.2, 0.25) is 0 Å². The van der Waals surface area contributed by atoms with E-state index >= 15 is 0 Å². The highest BCUT2D eigenvalue weighted by Crippen LogP contribution is 2.76. The summed E-state index contributed by atoms with van der Waals surface area (Å²) in [6, 6.07) is 4.46. The lowest BCUT2D eigenvalue weighted by molar-refractivity contribution is -0.156. The number of alkyl halides is 5. The lowest BCUT2D eigenvalue weighted by Gasteiger charge is -2.31. The molecule has 0 saturated heterocycles. The van der Waals surface area contributed by atoms with Gasteiger partial charge in [0.05, 0.1) is 17.4 Å². The third-order valence-electron chi connectivity index (χ3n) is 5.40. The fourth-order valence-corrected chi connectivity index (χ4v) is 5.16. The smallest absolute Gasteiger partial charge is 0.416 e. The third-order valence-corrected chi connectivity index (χ3v) is 6.60. The van der Waals surface area contributed by atoms with Crippen molar-refractivity contribution in [3.8, 4) is 0 Å². The van der Waals surface area contributed by atoms with Gasteiger partial charge in [0.25, 0.3) is 0 Å². The van der Waals surface area contributed by atoms with Crippen LogP contribution in [0.1, 0.15) is 24.0 Å². The molecule has 136 valence electrons. The number of halogens is 5. The molecule has 2 fully saturated rings. The molecule has 2 saturated carbocycles. The molecular weight excluding hydrogens is 384 g/mol. The third kappa shape index (κ3) is 2.59. The quantitative estimate of drug-likeness (QED) is 0.758. The highest BCUT2D eigenvalue weighted by molar-refractivity contribution is 6.52. The number of aliphatic carboxylic acids is 2. The van der Waals surface area contributed by atoms with E-state index in [1.54, 1.807) is 0 Å². The Labute approximate surface area is 150 Å². The van der Waals surface area contributed by atoms with Gasteiger partial charge in [-0.15, -0.1) is 23.2 Å². The molecule has 0 heterocycles. The largest absolute Gasteiger partial charge is 0.481 e. The normalized spacial score (nSPS) is 33.4. The van der Waals surface area contributed by atoms with Crippen LogP contribution in [-0.2, 0) is 21.2 Å². The van der Waals surface area contributed by atoms with Crippen molar-refractivity contribution in [3.05, 3.63) is 35.4 Å². The van der Waals surface area contributed by atoms with Crippen molar-refractivity contribution in [2.24, 2.45) is 17.8 Å². The second-order valence-electron chi connectivity index (χ2n) is 6.55. The Morgan fingerprint density at radius 3 is 2.24 bits per heavy atom. The Hall–Kier alpha value is -1.47. The van der Waals surface area contributed by atoms with Crippen LogP contribution >= 0.6 is 23.2 Å². The van der Waals surface area contributed by atoms with Gasteiger partial charge in [0, 0.05) is 11.3 Å². The molecule has 4 nitrogen and oxygen atoms in total. The molecule has 1 aromatic rings. The zero-order chi connectivity index (χ0) is 18.8. The number of rotatable bonds is 3. The fourth-order valence-electron chi connectivity index (χ4n) is 4.08. The van der Waals surface area contributed by atoms with Gasteiger partial charge in [0.1, 0.15) is 4.33 Å². The summed E-state index contributed by atoms with van der Waals surface area (Å²) >= 11 is 12.6. The van der Waals surface area contributed by atoms with Crippen molar-refractivity contribution >= 4 is 35.1 Å². The van der Waals surface area contributed by atoms with E-state index in [1.807, 2.05) is 0 Å². The van der Waals surface area contributed by atoms with E-state index in [-0.39, 0.29) is 18.4 Å². The number of carbonyl (C=O) groups is 2. The topological polar surface area (TPSA) is 74.6 Å². The van der Waals surface area contributed by atoms with Crippen LogP contribution in [0.3, 0.4) is 0 Å². The molecule has 0 aliphatic heterocycles. The van der Waals surface area contributed by atoms with Crippen molar-refractivity contribution < 1.29 is 33.0 Å². The molecule has 25 heavy (non-hydrogen) atoms. The van der Waals surface area contributed by atoms with Crippen LogP contribution < -0.4 is 0 Å². The zero-order valence-corrected chi connectivity index (χ0v) is 14.1. The highest BCUT2D eigenvalue weighted by atomic mass is 35.5. The lowest BCUT2D eigenvalue weighted by atomic mass is 9.71. The zero-order valence-electron chi connectivity index (χ0n) is 12.6. The molecule has 1 aromatic carbocycles. The van der Waals surface area contributed by atoms with Crippen molar-refractivity contribution in [2.75, 3.05) is 0 Å². The first-order chi connectivity index (χ1) is 11.4. The maximum absolute atomic E-state index is 13.0. The molecular formula is C16H13Cl2F3O4. The highest BCUT2D eigenvalue weighted by Gasteiger charge is 2.79. The van der Waals surface area contributed by atoms with Gasteiger partial charge >= 0.3 is 18.1 Å². The molecule has 2 N–H and O–H groups in total. The van der Waals surface area contributed by atoms with E-state index in [0.717, 1.165) is 12.1 Å². The number of carboxylic acids is 2. The second kappa shape index (κ2) is 5.51. The number of carboxylic acid groups (broad SMARTS) is 2. The van der Waals surface area contributed by atoms with Gasteiger partial charge in [0.2, 0.25) is 0 Å². The maximum atomic E-state index is 13.0. The molecule has 9 heteroatoms. The van der Waals surface area contributed by atoms with Gasteiger partial charge in [-0.1, -0.05) is 18.2 Å². The van der Waals surface area contributed by atoms with Crippen molar-refractivity contribution in [3.63, 3.8) is 0 Å². The summed E-state index contributed by atoms with van der Waals surface area (Å²) in [4.78, 5) is 22.9. The molecule has 0 aromatic heterocycles. The molecule has 0 amide bonds. The van der Waals surface area contributed by atoms with Gasteiger partial charge in [-0.25, -0.2) is 0 Å². The van der Waals surface area contributed by atoms with E-state index in [0.29, 0.717) is 0 Å². The molecule has 4 atom stereocenters. The van der Waals surface area contributed by atoms with Crippen LogP contribution in [0.15, 0.2) is 24.3 Å². The van der Waals surface area contributed by atoms with Crippen LogP contribution in [0, 0.1) is 17.8 Å². The molecule has 0 radical (unpaired) electrons. The second-order valence-corrected chi connectivity index (χ2v) is 7.94. The average molecular weight is 397 g/mol. The summed E-state index contributed by atoms with van der Waals surface area (Å²) in [5.74, 6) is -5.68. The summed E-state index contributed by atoms with van der Waals surface area (Å²) in [6.45, 7) is 0. The predicted octanol–water partition coefficient (Wildman–Crippen LogP) is 3.94. The summed E-state index contributed by atoms with van der Waals surface area (Å²) < 4.78 is 37.5. The minimum Gasteiger partial charge on any atom is -0.481 e. The summed E-state index contributed by atoms with van der Waals surface area (Å²) in [5, 5.41) is 18.7. The van der Waals surface area contributed by atoms with Gasteiger partial charge in [-0.05, 0) is 24.5 Å². The first kappa shape index (κ1) is 18.3. The Bertz CT molecular complexity index is 749. The Balaban J connectivity index is 2.06. The van der Waals surface area contributed by atoms with E-state index in [1.165, 1.54) is 12.1 Å². The minimum absolute atomic E-state index is 0.102. The lowest BCUT2D eigenvalue weighted by Crippen LogP contribution is -2.38. The van der Waals surface area contributed by atoms with Crippen molar-refractivity contribution in [1.82, 2.24) is 0 Å². The van der Waals surface area contributed by atoms with E-state index < -0.39 is 51.2 Å². The molecule has 0 bridgehead atoms. The van der Waals surface area contributed by atoms with Crippen molar-refractivity contribution in [2.45, 2.75) is 28.8 Å². The first-order valence-corrected chi connectivity index (χ1v) is 8.19. The van der Waals surface area contributed by atoms with Gasteiger partial charge in [-0.2, -0.15) is 13.2 Å². The summed E-state index contributed by atoms with van der Waals surface area (Å²) in [7, 11) is 0. The Kier molecular flexibility index (Phi) is 4.04. The predicted molar refractivity (Wildman–Crippen MR) is 82.5 cm³/mol. The van der Waals surface area contributed by atoms with E-state index in [4.69, 9.17) is 23.2 Å². The summed E-state index contributed by atoms with van der Waals surface area (Å²) in [6.07, 6.45) is -4.89. The van der Waals surface area contributed by atoms with Crippen LogP contribution in [0.4, 0.5) is 13.2 Å². The monoisotopic (exact) mass is 396 g/mol.